The first-order chi connectivity index (χ1) is 15.5. The molecule has 9 heteroatoms. The lowest BCUT2D eigenvalue weighted by Crippen LogP contribution is -2.24. The second kappa shape index (κ2) is 11.5. The van der Waals surface area contributed by atoms with E-state index in [1.807, 2.05) is 67.6 Å². The van der Waals surface area contributed by atoms with Crippen LogP contribution >= 0.6 is 24.4 Å². The summed E-state index contributed by atoms with van der Waals surface area (Å²) in [6.45, 7) is 1.91. The van der Waals surface area contributed by atoms with Gasteiger partial charge in [0.15, 0.2) is 10.2 Å². The second-order valence-electron chi connectivity index (χ2n) is 6.67. The van der Waals surface area contributed by atoms with Gasteiger partial charge in [0.2, 0.25) is 0 Å². The van der Waals surface area contributed by atoms with Gasteiger partial charge in [-0.3, -0.25) is 10.9 Å². The number of benzene rings is 3. The Morgan fingerprint density at radius 1 is 0.750 bits per heavy atom. The highest BCUT2D eigenvalue weighted by Gasteiger charge is 2.06. The van der Waals surface area contributed by atoms with Gasteiger partial charge in [-0.15, -0.1) is 0 Å². The van der Waals surface area contributed by atoms with E-state index in [0.717, 1.165) is 16.9 Å². The summed E-state index contributed by atoms with van der Waals surface area (Å²) in [6.07, 6.45) is 2.99. The first-order valence-electron chi connectivity index (χ1n) is 9.65. The number of thiocarbonyl (C=S) groups is 2. The number of nitrogens with one attached hydrogen (secondary N) is 4. The van der Waals surface area contributed by atoms with Gasteiger partial charge in [-0.1, -0.05) is 36.4 Å². The lowest BCUT2D eigenvalue weighted by molar-refractivity contribution is 0.473. The maximum absolute atomic E-state index is 10.6. The summed E-state index contributed by atoms with van der Waals surface area (Å²) in [6, 6.07) is 22.6. The van der Waals surface area contributed by atoms with Crippen molar-refractivity contribution in [3.63, 3.8) is 0 Å². The zero-order chi connectivity index (χ0) is 22.8. The van der Waals surface area contributed by atoms with E-state index < -0.39 is 0 Å². The second-order valence-corrected chi connectivity index (χ2v) is 7.49. The lowest BCUT2D eigenvalue weighted by Gasteiger charge is -2.08. The number of phenolic OH excluding ortho intramolecular Hbond substituents is 1. The van der Waals surface area contributed by atoms with Gasteiger partial charge in [0, 0.05) is 22.5 Å². The van der Waals surface area contributed by atoms with Crippen molar-refractivity contribution < 1.29 is 5.11 Å². The molecule has 0 fully saturated rings. The van der Waals surface area contributed by atoms with Crippen LogP contribution in [-0.2, 0) is 0 Å². The van der Waals surface area contributed by atoms with Gasteiger partial charge in [-0.05, 0) is 73.3 Å². The molecule has 0 heterocycles. The molecule has 0 unspecified atom stereocenters. The van der Waals surface area contributed by atoms with Crippen molar-refractivity contribution in [3.05, 3.63) is 89.5 Å². The van der Waals surface area contributed by atoms with Crippen molar-refractivity contribution >= 4 is 58.5 Å². The normalized spacial score (nSPS) is 10.8. The number of aryl methyl sites for hydroxylation is 1. The lowest BCUT2D eigenvalue weighted by atomic mass is 10.1. The van der Waals surface area contributed by atoms with E-state index in [1.54, 1.807) is 12.1 Å². The highest BCUT2D eigenvalue weighted by molar-refractivity contribution is 7.80. The first kappa shape index (κ1) is 22.9. The number of phenols is 1. The van der Waals surface area contributed by atoms with Crippen LogP contribution in [0.1, 0.15) is 16.7 Å². The Hall–Kier alpha value is -3.82. The molecule has 0 radical (unpaired) electrons. The molecule has 3 aromatic rings. The fourth-order valence-electron chi connectivity index (χ4n) is 2.71. The van der Waals surface area contributed by atoms with E-state index in [4.69, 9.17) is 24.4 Å². The number of anilines is 2. The first-order valence-corrected chi connectivity index (χ1v) is 10.5. The molecular formula is C23H22N6OS2. The van der Waals surface area contributed by atoms with E-state index >= 15 is 0 Å². The Morgan fingerprint density at radius 2 is 1.16 bits per heavy atom. The van der Waals surface area contributed by atoms with Crippen molar-refractivity contribution in [2.45, 2.75) is 6.92 Å². The predicted molar refractivity (Wildman–Crippen MR) is 140 cm³/mol. The minimum Gasteiger partial charge on any atom is -0.507 e. The molecule has 162 valence electrons. The third kappa shape index (κ3) is 7.15. The van der Waals surface area contributed by atoms with Crippen LogP contribution in [0.15, 0.2) is 83.0 Å². The van der Waals surface area contributed by atoms with Gasteiger partial charge in [0.05, 0.1) is 12.4 Å². The zero-order valence-electron chi connectivity index (χ0n) is 17.2. The molecule has 3 aromatic carbocycles. The molecule has 0 aliphatic heterocycles. The third-order valence-electron chi connectivity index (χ3n) is 4.12. The minimum atomic E-state index is 0.0376. The molecule has 0 amide bonds. The summed E-state index contributed by atoms with van der Waals surface area (Å²) in [5.74, 6) is 0.0376. The number of rotatable bonds is 6. The van der Waals surface area contributed by atoms with Crippen LogP contribution in [0.2, 0.25) is 0 Å². The van der Waals surface area contributed by atoms with Crippen molar-refractivity contribution in [2.24, 2.45) is 10.2 Å². The monoisotopic (exact) mass is 462 g/mol. The Balaban J connectivity index is 1.59. The molecule has 0 aliphatic carbocycles. The molecule has 0 saturated carbocycles. The van der Waals surface area contributed by atoms with Gasteiger partial charge in [0.1, 0.15) is 5.75 Å². The summed E-state index contributed by atoms with van der Waals surface area (Å²) < 4.78 is 0. The van der Waals surface area contributed by atoms with E-state index in [0.29, 0.717) is 21.4 Å². The van der Waals surface area contributed by atoms with Gasteiger partial charge >= 0.3 is 0 Å². The van der Waals surface area contributed by atoms with Crippen LogP contribution < -0.4 is 21.5 Å². The Morgan fingerprint density at radius 3 is 1.56 bits per heavy atom. The molecule has 0 saturated heterocycles. The van der Waals surface area contributed by atoms with Crippen LogP contribution in [0.4, 0.5) is 11.4 Å². The van der Waals surface area contributed by atoms with Gasteiger partial charge in [0.25, 0.3) is 0 Å². The Labute approximate surface area is 197 Å². The largest absolute Gasteiger partial charge is 0.507 e. The quantitative estimate of drug-likeness (QED) is 0.211. The smallest absolute Gasteiger partial charge is 0.191 e. The topological polar surface area (TPSA) is 93.1 Å². The van der Waals surface area contributed by atoms with Crippen molar-refractivity contribution in [3.8, 4) is 5.75 Å². The molecule has 0 aromatic heterocycles. The molecular weight excluding hydrogens is 440 g/mol. The van der Waals surface area contributed by atoms with Gasteiger partial charge in [-0.2, -0.15) is 10.2 Å². The summed E-state index contributed by atoms with van der Waals surface area (Å²) in [5.41, 5.74) is 9.14. The summed E-state index contributed by atoms with van der Waals surface area (Å²) in [5, 5.41) is 25.5. The summed E-state index contributed by atoms with van der Waals surface area (Å²) in [4.78, 5) is 0. The van der Waals surface area contributed by atoms with Crippen molar-refractivity contribution in [1.82, 2.24) is 10.9 Å². The van der Waals surface area contributed by atoms with Crippen molar-refractivity contribution in [1.29, 1.82) is 0 Å². The van der Waals surface area contributed by atoms with Crippen LogP contribution in [0.3, 0.4) is 0 Å². The molecule has 32 heavy (non-hydrogen) atoms. The van der Waals surface area contributed by atoms with Crippen LogP contribution in [-0.4, -0.2) is 27.8 Å². The Bertz CT molecular complexity index is 1050. The average molecular weight is 463 g/mol. The van der Waals surface area contributed by atoms with E-state index in [1.165, 1.54) is 12.4 Å². The Kier molecular flexibility index (Phi) is 8.24. The van der Waals surface area contributed by atoms with Crippen molar-refractivity contribution in [2.75, 3.05) is 10.6 Å². The van der Waals surface area contributed by atoms with Crippen LogP contribution in [0, 0.1) is 6.92 Å². The highest BCUT2D eigenvalue weighted by Crippen LogP contribution is 2.21. The molecule has 0 atom stereocenters. The number of nitrogens with zero attached hydrogens (tertiary/aromatic N) is 2. The number of hydrazone groups is 2. The van der Waals surface area contributed by atoms with E-state index in [9.17, 15) is 5.11 Å². The number of hydrogen-bond acceptors (Lipinski definition) is 5. The predicted octanol–water partition coefficient (Wildman–Crippen LogP) is 4.34. The maximum Gasteiger partial charge on any atom is 0.191 e. The van der Waals surface area contributed by atoms with E-state index in [2.05, 4.69) is 31.7 Å². The maximum atomic E-state index is 10.6. The molecule has 0 bridgehead atoms. The van der Waals surface area contributed by atoms with E-state index in [-0.39, 0.29) is 5.75 Å². The molecule has 3 rings (SSSR count). The zero-order valence-corrected chi connectivity index (χ0v) is 18.9. The molecule has 7 nitrogen and oxygen atoms in total. The third-order valence-corrected chi connectivity index (χ3v) is 4.50. The SMILES string of the molecule is Cc1cc(C=NNC(=S)Nc2ccccc2)c(O)c(/C=N/NC(=S)Nc2ccccc2)c1. The summed E-state index contributed by atoms with van der Waals surface area (Å²) >= 11 is 10.4. The fraction of sp³-hybridized carbons (Fsp3) is 0.0435. The number of aromatic hydroxyl groups is 1. The average Bonchev–Trinajstić information content (AvgIpc) is 2.78. The van der Waals surface area contributed by atoms with Gasteiger partial charge < -0.3 is 15.7 Å². The molecule has 0 spiro atoms. The summed E-state index contributed by atoms with van der Waals surface area (Å²) in [7, 11) is 0. The fourth-order valence-corrected chi connectivity index (χ4v) is 3.06. The number of para-hydroxylation sites is 2. The number of hydrogen-bond donors (Lipinski definition) is 5. The van der Waals surface area contributed by atoms with Gasteiger partial charge in [-0.25, -0.2) is 0 Å². The van der Waals surface area contributed by atoms with Crippen LogP contribution in [0.5, 0.6) is 5.75 Å². The highest BCUT2D eigenvalue weighted by atomic mass is 32.1. The standard InChI is InChI=1S/C23H22N6OS2/c1-16-12-17(14-24-28-22(31)26-19-8-4-2-5-9-19)21(30)18(13-16)15-25-29-23(32)27-20-10-6-3-7-11-20/h2-15,30H,1H3,(H2,26,28,31)(H2,27,29,32)/b24-14+,25-15?. The minimum absolute atomic E-state index is 0.0376. The molecule has 0 aliphatic rings. The van der Waals surface area contributed by atoms with Crippen LogP contribution in [0.25, 0.3) is 0 Å². The molecule has 5 N–H and O–H groups in total.